The molecule has 0 aliphatic rings. The largest absolute Gasteiger partial charge is 0.347 e. The summed E-state index contributed by atoms with van der Waals surface area (Å²) in [6, 6.07) is 3.90. The van der Waals surface area contributed by atoms with Gasteiger partial charge in [0.25, 0.3) is 0 Å². The summed E-state index contributed by atoms with van der Waals surface area (Å²) in [6.45, 7) is 6.11. The number of hydrogen-bond donors (Lipinski definition) is 0. The Kier molecular flexibility index (Phi) is 6.90. The Morgan fingerprint density at radius 2 is 2.04 bits per heavy atom. The van der Waals surface area contributed by atoms with E-state index in [2.05, 4.69) is 15.3 Å². The highest BCUT2D eigenvalue weighted by Crippen LogP contribution is 2.11. The fourth-order valence-electron chi connectivity index (χ4n) is 2.63. The summed E-state index contributed by atoms with van der Waals surface area (Å²) in [5.41, 5.74) is 2.39. The molecule has 25 heavy (non-hydrogen) atoms. The SMILES string of the molecule is Cc1cc(C)n(CCC(=O)N(CCN(C)C)Cc2ccsc2)c(=O)n1. The van der Waals surface area contributed by atoms with Gasteiger partial charge in [-0.3, -0.25) is 9.36 Å². The molecule has 0 atom stereocenters. The number of amides is 1. The Hall–Kier alpha value is -1.99. The van der Waals surface area contributed by atoms with Crippen molar-refractivity contribution in [3.05, 3.63) is 50.3 Å². The van der Waals surface area contributed by atoms with E-state index in [1.165, 1.54) is 0 Å². The van der Waals surface area contributed by atoms with Crippen LogP contribution in [-0.2, 0) is 17.9 Å². The van der Waals surface area contributed by atoms with Crippen LogP contribution in [0.2, 0.25) is 0 Å². The van der Waals surface area contributed by atoms with Crippen molar-refractivity contribution in [2.75, 3.05) is 27.2 Å². The predicted octanol–water partition coefficient (Wildman–Crippen LogP) is 1.90. The Balaban J connectivity index is 2.04. The average Bonchev–Trinajstić information content (AvgIpc) is 3.02. The summed E-state index contributed by atoms with van der Waals surface area (Å²) in [7, 11) is 3.99. The molecular weight excluding hydrogens is 336 g/mol. The number of aromatic nitrogens is 2. The van der Waals surface area contributed by atoms with E-state index in [1.54, 1.807) is 22.8 Å². The minimum atomic E-state index is -0.289. The molecule has 6 nitrogen and oxygen atoms in total. The van der Waals surface area contributed by atoms with E-state index < -0.39 is 0 Å². The summed E-state index contributed by atoms with van der Waals surface area (Å²) in [6.07, 6.45) is 0.295. The van der Waals surface area contributed by atoms with Gasteiger partial charge in [0, 0.05) is 44.0 Å². The third kappa shape index (κ3) is 5.79. The van der Waals surface area contributed by atoms with Crippen molar-refractivity contribution in [2.45, 2.75) is 33.4 Å². The van der Waals surface area contributed by atoms with Crippen molar-refractivity contribution < 1.29 is 4.79 Å². The molecule has 136 valence electrons. The van der Waals surface area contributed by atoms with Crippen LogP contribution in [0.25, 0.3) is 0 Å². The van der Waals surface area contributed by atoms with Crippen molar-refractivity contribution in [1.29, 1.82) is 0 Å². The quantitative estimate of drug-likeness (QED) is 0.720. The third-order valence-corrected chi connectivity index (χ3v) is 4.75. The van der Waals surface area contributed by atoms with Crippen LogP contribution in [-0.4, -0.2) is 52.4 Å². The molecule has 2 heterocycles. The number of thiophene rings is 1. The molecule has 2 rings (SSSR count). The van der Waals surface area contributed by atoms with Gasteiger partial charge in [-0.1, -0.05) is 0 Å². The summed E-state index contributed by atoms with van der Waals surface area (Å²) in [4.78, 5) is 32.6. The lowest BCUT2D eigenvalue weighted by Gasteiger charge is -2.24. The first-order chi connectivity index (χ1) is 11.9. The minimum Gasteiger partial charge on any atom is -0.337 e. The van der Waals surface area contributed by atoms with Gasteiger partial charge in [0.1, 0.15) is 0 Å². The lowest BCUT2D eigenvalue weighted by atomic mass is 10.2. The molecule has 1 amide bonds. The van der Waals surface area contributed by atoms with Crippen LogP contribution in [0, 0.1) is 13.8 Å². The topological polar surface area (TPSA) is 58.4 Å². The van der Waals surface area contributed by atoms with Crippen molar-refractivity contribution in [2.24, 2.45) is 0 Å². The van der Waals surface area contributed by atoms with Crippen LogP contribution in [0.5, 0.6) is 0 Å². The van der Waals surface area contributed by atoms with Crippen LogP contribution < -0.4 is 5.69 Å². The molecule has 0 aromatic carbocycles. The predicted molar refractivity (Wildman–Crippen MR) is 101 cm³/mol. The normalized spacial score (nSPS) is 11.1. The maximum atomic E-state index is 12.7. The van der Waals surface area contributed by atoms with Gasteiger partial charge < -0.3 is 9.80 Å². The summed E-state index contributed by atoms with van der Waals surface area (Å²) in [5, 5.41) is 4.08. The molecule has 0 radical (unpaired) electrons. The molecule has 0 saturated carbocycles. The number of likely N-dealkylation sites (N-methyl/N-ethyl adjacent to an activating group) is 1. The lowest BCUT2D eigenvalue weighted by Crippen LogP contribution is -2.37. The van der Waals surface area contributed by atoms with E-state index in [0.717, 1.165) is 17.8 Å². The van der Waals surface area contributed by atoms with Crippen LogP contribution in [0.3, 0.4) is 0 Å². The number of aryl methyl sites for hydroxylation is 2. The Morgan fingerprint density at radius 1 is 1.28 bits per heavy atom. The van der Waals surface area contributed by atoms with Crippen LogP contribution in [0.4, 0.5) is 0 Å². The van der Waals surface area contributed by atoms with Gasteiger partial charge in [0.15, 0.2) is 0 Å². The van der Waals surface area contributed by atoms with E-state index >= 15 is 0 Å². The second kappa shape index (κ2) is 8.92. The molecule has 0 bridgehead atoms. The van der Waals surface area contributed by atoms with E-state index in [1.807, 2.05) is 43.4 Å². The number of carbonyl (C=O) groups is 1. The summed E-state index contributed by atoms with van der Waals surface area (Å²) < 4.78 is 1.57. The molecule has 0 unspecified atom stereocenters. The molecule has 7 heteroatoms. The minimum absolute atomic E-state index is 0.0555. The first-order valence-corrected chi connectivity index (χ1v) is 9.29. The van der Waals surface area contributed by atoms with Gasteiger partial charge in [0.2, 0.25) is 5.91 Å². The van der Waals surface area contributed by atoms with Crippen LogP contribution in [0.15, 0.2) is 27.7 Å². The van der Waals surface area contributed by atoms with E-state index in [9.17, 15) is 9.59 Å². The van der Waals surface area contributed by atoms with Gasteiger partial charge in [0.05, 0.1) is 0 Å². The van der Waals surface area contributed by atoms with E-state index in [0.29, 0.717) is 31.7 Å². The Labute approximate surface area is 152 Å². The van der Waals surface area contributed by atoms with Crippen LogP contribution in [0.1, 0.15) is 23.4 Å². The van der Waals surface area contributed by atoms with Crippen molar-refractivity contribution in [3.8, 4) is 0 Å². The van der Waals surface area contributed by atoms with Crippen molar-refractivity contribution in [1.82, 2.24) is 19.4 Å². The monoisotopic (exact) mass is 362 g/mol. The van der Waals surface area contributed by atoms with Crippen molar-refractivity contribution >= 4 is 17.2 Å². The summed E-state index contributed by atoms with van der Waals surface area (Å²) >= 11 is 1.63. The lowest BCUT2D eigenvalue weighted by molar-refractivity contribution is -0.132. The smallest absolute Gasteiger partial charge is 0.337 e. The molecule has 0 fully saturated rings. The zero-order valence-electron chi connectivity index (χ0n) is 15.4. The maximum absolute atomic E-state index is 12.7. The number of hydrogen-bond acceptors (Lipinski definition) is 5. The van der Waals surface area contributed by atoms with Gasteiger partial charge in [-0.25, -0.2) is 4.79 Å². The third-order valence-electron chi connectivity index (χ3n) is 4.02. The van der Waals surface area contributed by atoms with Gasteiger partial charge >= 0.3 is 5.69 Å². The fraction of sp³-hybridized carbons (Fsp3) is 0.500. The molecule has 0 saturated heterocycles. The maximum Gasteiger partial charge on any atom is 0.347 e. The molecule has 0 aliphatic heterocycles. The highest BCUT2D eigenvalue weighted by atomic mass is 32.1. The second-order valence-corrected chi connectivity index (χ2v) is 7.25. The first-order valence-electron chi connectivity index (χ1n) is 8.35. The average molecular weight is 362 g/mol. The molecular formula is C18H26N4O2S. The molecule has 2 aromatic rings. The zero-order chi connectivity index (χ0) is 18.4. The standard InChI is InChI=1S/C18H26N4O2S/c1-14-11-15(2)22(18(24)19-14)7-5-17(23)21(9-8-20(3)4)12-16-6-10-25-13-16/h6,10-11,13H,5,7-9,12H2,1-4H3. The van der Waals surface area contributed by atoms with Crippen molar-refractivity contribution in [3.63, 3.8) is 0 Å². The Morgan fingerprint density at radius 3 is 2.64 bits per heavy atom. The first kappa shape index (κ1) is 19.3. The van der Waals surface area contributed by atoms with Gasteiger partial charge in [-0.15, -0.1) is 0 Å². The number of rotatable bonds is 8. The molecule has 0 spiro atoms. The van der Waals surface area contributed by atoms with E-state index in [-0.39, 0.29) is 11.6 Å². The molecule has 2 aromatic heterocycles. The van der Waals surface area contributed by atoms with E-state index in [4.69, 9.17) is 0 Å². The number of carbonyl (C=O) groups excluding carboxylic acids is 1. The molecule has 0 aliphatic carbocycles. The van der Waals surface area contributed by atoms with Gasteiger partial charge in [-0.2, -0.15) is 16.3 Å². The second-order valence-electron chi connectivity index (χ2n) is 6.47. The fourth-order valence-corrected chi connectivity index (χ4v) is 3.29. The zero-order valence-corrected chi connectivity index (χ0v) is 16.2. The molecule has 0 N–H and O–H groups in total. The number of nitrogens with zero attached hydrogens (tertiary/aromatic N) is 4. The Bertz CT molecular complexity index is 753. The highest BCUT2D eigenvalue weighted by Gasteiger charge is 2.15. The highest BCUT2D eigenvalue weighted by molar-refractivity contribution is 7.07. The van der Waals surface area contributed by atoms with Crippen LogP contribution >= 0.6 is 11.3 Å². The van der Waals surface area contributed by atoms with Gasteiger partial charge in [-0.05, 0) is 56.4 Å². The summed E-state index contributed by atoms with van der Waals surface area (Å²) in [5.74, 6) is 0.0555.